The Morgan fingerprint density at radius 1 is 1.24 bits per heavy atom. The minimum atomic E-state index is -0.159. The molecule has 2 heteroatoms. The lowest BCUT2D eigenvalue weighted by atomic mass is 9.63. The number of fused-ring (bicyclic) bond motifs is 1. The molecular weight excluding hydrogens is 322 g/mol. The Morgan fingerprint density at radius 2 is 1.86 bits per heavy atom. The molecule has 0 saturated heterocycles. The van der Waals surface area contributed by atoms with E-state index < -0.39 is 0 Å². The summed E-state index contributed by atoms with van der Waals surface area (Å²) in [4.78, 5) is 2.34. The maximum atomic E-state index is 4.11. The Kier molecular flexibility index (Phi) is 3.96. The van der Waals surface area contributed by atoms with Gasteiger partial charge in [-0.2, -0.15) is 0 Å². The number of halogens is 1. The Bertz CT molecular complexity index is 639. The number of hydrogen-bond acceptors (Lipinski definition) is 1. The molecule has 1 heterocycles. The molecule has 2 rings (SSSR count). The molecule has 1 aromatic rings. The lowest BCUT2D eigenvalue weighted by Crippen LogP contribution is -2.57. The minimum Gasteiger partial charge on any atom is -0.364 e. The molecule has 0 amide bonds. The third kappa shape index (κ3) is 2.12. The van der Waals surface area contributed by atoms with Crippen molar-refractivity contribution in [2.75, 3.05) is 7.05 Å². The van der Waals surface area contributed by atoms with Gasteiger partial charge in [0.25, 0.3) is 0 Å². The molecule has 21 heavy (non-hydrogen) atoms. The van der Waals surface area contributed by atoms with Crippen molar-refractivity contribution in [2.45, 2.75) is 38.6 Å². The van der Waals surface area contributed by atoms with Crippen LogP contribution in [0.1, 0.15) is 38.8 Å². The van der Waals surface area contributed by atoms with Gasteiger partial charge in [0, 0.05) is 28.2 Å². The van der Waals surface area contributed by atoms with E-state index in [1.807, 2.05) is 6.08 Å². The number of likely N-dealkylation sites (N-methyl/N-ethyl adjacent to an activating group) is 1. The van der Waals surface area contributed by atoms with Gasteiger partial charge in [-0.3, -0.25) is 0 Å². The standard InChI is InChI=1S/C19H24BrN/c1-8-13(3)17-15-12-14(20)10-11-16(15)18(4,5)19(6,9-2)21(17)7/h8-12H,1-2H2,3-7H3/b17-13+. The van der Waals surface area contributed by atoms with Crippen LogP contribution < -0.4 is 0 Å². The van der Waals surface area contributed by atoms with E-state index in [0.717, 1.165) is 4.47 Å². The fourth-order valence-corrected chi connectivity index (χ4v) is 3.69. The normalized spacial score (nSPS) is 26.1. The first-order chi connectivity index (χ1) is 9.70. The predicted octanol–water partition coefficient (Wildman–Crippen LogP) is 5.53. The molecule has 1 aliphatic heterocycles. The molecule has 0 fully saturated rings. The van der Waals surface area contributed by atoms with E-state index in [-0.39, 0.29) is 11.0 Å². The quantitative estimate of drug-likeness (QED) is 0.636. The second-order valence-corrected chi connectivity index (χ2v) is 7.38. The number of benzene rings is 1. The van der Waals surface area contributed by atoms with E-state index in [1.54, 1.807) is 0 Å². The first-order valence-electron chi connectivity index (χ1n) is 7.22. The smallest absolute Gasteiger partial charge is 0.0642 e. The fraction of sp³-hybridized carbons (Fsp3) is 0.368. The van der Waals surface area contributed by atoms with E-state index in [4.69, 9.17) is 0 Å². The van der Waals surface area contributed by atoms with Crippen molar-refractivity contribution in [1.82, 2.24) is 4.90 Å². The molecule has 112 valence electrons. The molecule has 1 atom stereocenters. The molecule has 0 radical (unpaired) electrons. The van der Waals surface area contributed by atoms with Gasteiger partial charge < -0.3 is 4.90 Å². The molecule has 0 bridgehead atoms. The van der Waals surface area contributed by atoms with Crippen LogP contribution in [-0.4, -0.2) is 17.5 Å². The largest absolute Gasteiger partial charge is 0.364 e. The highest BCUT2D eigenvalue weighted by molar-refractivity contribution is 9.10. The van der Waals surface area contributed by atoms with Gasteiger partial charge in [-0.25, -0.2) is 0 Å². The van der Waals surface area contributed by atoms with Gasteiger partial charge in [-0.05, 0) is 37.1 Å². The van der Waals surface area contributed by atoms with Crippen LogP contribution in [-0.2, 0) is 5.41 Å². The maximum absolute atomic E-state index is 4.11. The summed E-state index contributed by atoms with van der Waals surface area (Å²) in [6, 6.07) is 6.55. The van der Waals surface area contributed by atoms with E-state index >= 15 is 0 Å². The van der Waals surface area contributed by atoms with Crippen molar-refractivity contribution < 1.29 is 0 Å². The lowest BCUT2D eigenvalue weighted by molar-refractivity contribution is 0.157. The molecule has 1 unspecified atom stereocenters. The first-order valence-corrected chi connectivity index (χ1v) is 8.01. The predicted molar refractivity (Wildman–Crippen MR) is 96.3 cm³/mol. The second kappa shape index (κ2) is 5.17. The third-order valence-electron chi connectivity index (χ3n) is 5.28. The van der Waals surface area contributed by atoms with Gasteiger partial charge in [-0.15, -0.1) is 6.58 Å². The molecule has 1 aliphatic rings. The average molecular weight is 346 g/mol. The molecule has 0 aromatic heterocycles. The summed E-state index contributed by atoms with van der Waals surface area (Å²) in [5, 5.41) is 0. The molecule has 1 aromatic carbocycles. The van der Waals surface area contributed by atoms with E-state index in [2.05, 4.69) is 93.0 Å². The number of allylic oxidation sites excluding steroid dienone is 2. The van der Waals surface area contributed by atoms with E-state index in [1.165, 1.54) is 22.4 Å². The van der Waals surface area contributed by atoms with Gasteiger partial charge >= 0.3 is 0 Å². The molecule has 0 N–H and O–H groups in total. The van der Waals surface area contributed by atoms with Gasteiger partial charge in [0.2, 0.25) is 0 Å². The molecular formula is C19H24BrN. The van der Waals surface area contributed by atoms with Gasteiger partial charge in [0.1, 0.15) is 0 Å². The van der Waals surface area contributed by atoms with Crippen LogP contribution in [0.2, 0.25) is 0 Å². The molecule has 0 spiro atoms. The zero-order valence-electron chi connectivity index (χ0n) is 13.6. The highest BCUT2D eigenvalue weighted by Gasteiger charge is 2.49. The van der Waals surface area contributed by atoms with Crippen LogP contribution in [0.4, 0.5) is 0 Å². The first kappa shape index (κ1) is 16.1. The number of rotatable bonds is 2. The number of nitrogens with zero attached hydrogens (tertiary/aromatic N) is 1. The van der Waals surface area contributed by atoms with Crippen LogP contribution in [0.15, 0.2) is 53.6 Å². The van der Waals surface area contributed by atoms with Crippen LogP contribution in [0.5, 0.6) is 0 Å². The van der Waals surface area contributed by atoms with Crippen molar-refractivity contribution in [2.24, 2.45) is 0 Å². The Hall–Kier alpha value is -1.28. The van der Waals surface area contributed by atoms with Crippen LogP contribution >= 0.6 is 15.9 Å². The highest BCUT2D eigenvalue weighted by Crippen LogP contribution is 2.50. The van der Waals surface area contributed by atoms with E-state index in [9.17, 15) is 0 Å². The molecule has 1 nitrogen and oxygen atoms in total. The van der Waals surface area contributed by atoms with Crippen LogP contribution in [0, 0.1) is 0 Å². The fourth-order valence-electron chi connectivity index (χ4n) is 3.33. The Morgan fingerprint density at radius 3 is 2.38 bits per heavy atom. The van der Waals surface area contributed by atoms with Gasteiger partial charge in [0.15, 0.2) is 0 Å². The summed E-state index contributed by atoms with van der Waals surface area (Å²) in [5.41, 5.74) is 4.83. The summed E-state index contributed by atoms with van der Waals surface area (Å²) in [6.45, 7) is 17.0. The Balaban J connectivity index is 2.93. The van der Waals surface area contributed by atoms with Crippen molar-refractivity contribution in [3.8, 4) is 0 Å². The number of hydrogen-bond donors (Lipinski definition) is 0. The maximum Gasteiger partial charge on any atom is 0.0642 e. The monoisotopic (exact) mass is 345 g/mol. The van der Waals surface area contributed by atoms with Crippen molar-refractivity contribution in [1.29, 1.82) is 0 Å². The van der Waals surface area contributed by atoms with E-state index in [0.29, 0.717) is 0 Å². The van der Waals surface area contributed by atoms with Crippen molar-refractivity contribution in [3.63, 3.8) is 0 Å². The second-order valence-electron chi connectivity index (χ2n) is 6.46. The minimum absolute atomic E-state index is 0.0372. The zero-order chi connectivity index (χ0) is 16.0. The summed E-state index contributed by atoms with van der Waals surface area (Å²) in [5.74, 6) is 0. The summed E-state index contributed by atoms with van der Waals surface area (Å²) >= 11 is 3.60. The third-order valence-corrected chi connectivity index (χ3v) is 5.78. The summed E-state index contributed by atoms with van der Waals surface area (Å²) in [6.07, 6.45) is 3.99. The zero-order valence-corrected chi connectivity index (χ0v) is 15.2. The topological polar surface area (TPSA) is 3.24 Å². The van der Waals surface area contributed by atoms with Crippen LogP contribution in [0.25, 0.3) is 5.70 Å². The Labute approximate surface area is 137 Å². The average Bonchev–Trinajstić information content (AvgIpc) is 2.44. The summed E-state index contributed by atoms with van der Waals surface area (Å²) < 4.78 is 1.10. The van der Waals surface area contributed by atoms with Gasteiger partial charge in [-0.1, -0.05) is 54.6 Å². The van der Waals surface area contributed by atoms with Crippen molar-refractivity contribution in [3.05, 3.63) is 64.7 Å². The van der Waals surface area contributed by atoms with Gasteiger partial charge in [0.05, 0.1) is 5.54 Å². The SMILES string of the molecule is C=C/C(C)=C1\c2cc(Br)ccc2C(C)(C)C(C)(C=C)N1C. The van der Waals surface area contributed by atoms with Crippen molar-refractivity contribution >= 4 is 21.6 Å². The molecule has 0 aliphatic carbocycles. The van der Waals surface area contributed by atoms with Crippen LogP contribution in [0.3, 0.4) is 0 Å². The molecule has 0 saturated carbocycles. The summed E-state index contributed by atoms with van der Waals surface area (Å²) in [7, 11) is 2.15. The highest BCUT2D eigenvalue weighted by atomic mass is 79.9. The lowest BCUT2D eigenvalue weighted by Gasteiger charge is -2.55.